The van der Waals surface area contributed by atoms with Crippen molar-refractivity contribution in [2.45, 2.75) is 18.2 Å². The lowest BCUT2D eigenvalue weighted by molar-refractivity contribution is -0.122. The molecule has 7 heteroatoms. The largest absolute Gasteiger partial charge is 0.346 e. The zero-order valence-corrected chi connectivity index (χ0v) is 14.5. The van der Waals surface area contributed by atoms with Crippen molar-refractivity contribution < 1.29 is 18.4 Å². The first kappa shape index (κ1) is 18.9. The van der Waals surface area contributed by atoms with E-state index in [0.29, 0.717) is 5.69 Å². The molecule has 2 aromatic rings. The second kappa shape index (κ2) is 9.17. The van der Waals surface area contributed by atoms with E-state index in [1.807, 2.05) is 25.1 Å². The molecule has 0 atom stereocenters. The van der Waals surface area contributed by atoms with Gasteiger partial charge in [0, 0.05) is 16.6 Å². The molecule has 2 rings (SSSR count). The fourth-order valence-corrected chi connectivity index (χ4v) is 2.86. The van der Waals surface area contributed by atoms with Crippen LogP contribution in [-0.2, 0) is 16.0 Å². The summed E-state index contributed by atoms with van der Waals surface area (Å²) in [7, 11) is 0. The van der Waals surface area contributed by atoms with E-state index in [0.717, 1.165) is 35.9 Å². The molecule has 0 saturated carbocycles. The minimum absolute atomic E-state index is 0.0681. The summed E-state index contributed by atoms with van der Waals surface area (Å²) in [4.78, 5) is 23.9. The van der Waals surface area contributed by atoms with Gasteiger partial charge in [-0.1, -0.05) is 25.1 Å². The van der Waals surface area contributed by atoms with E-state index in [-0.39, 0.29) is 23.1 Å². The number of carbonyl (C=O) groups excluding carboxylic acids is 2. The Morgan fingerprint density at radius 2 is 1.84 bits per heavy atom. The number of aryl methyl sites for hydroxylation is 1. The van der Waals surface area contributed by atoms with Crippen LogP contribution in [0.15, 0.2) is 47.4 Å². The molecule has 4 nitrogen and oxygen atoms in total. The standard InChI is InChI=1S/C18H18F2N2O2S/c1-2-12-5-3-4-6-15(12)22-17(23)10-21-18(24)11-25-16-8-7-13(19)9-14(16)20/h3-9H,2,10-11H2,1H3,(H,21,24)(H,22,23). The average molecular weight is 364 g/mol. The topological polar surface area (TPSA) is 58.2 Å². The minimum atomic E-state index is -0.716. The van der Waals surface area contributed by atoms with Crippen molar-refractivity contribution in [1.29, 1.82) is 0 Å². The van der Waals surface area contributed by atoms with E-state index in [9.17, 15) is 18.4 Å². The van der Waals surface area contributed by atoms with E-state index < -0.39 is 17.5 Å². The summed E-state index contributed by atoms with van der Waals surface area (Å²) in [5.41, 5.74) is 1.72. The fourth-order valence-electron chi connectivity index (χ4n) is 2.11. The Hall–Kier alpha value is -2.41. The number of amides is 2. The predicted octanol–water partition coefficient (Wildman–Crippen LogP) is 3.37. The molecular weight excluding hydrogens is 346 g/mol. The molecule has 0 saturated heterocycles. The first-order chi connectivity index (χ1) is 12.0. The first-order valence-corrected chi connectivity index (χ1v) is 8.70. The molecule has 0 aliphatic rings. The smallest absolute Gasteiger partial charge is 0.243 e. The highest BCUT2D eigenvalue weighted by molar-refractivity contribution is 8.00. The molecular formula is C18H18F2N2O2S. The molecule has 0 spiro atoms. The van der Waals surface area contributed by atoms with Crippen LogP contribution in [0.3, 0.4) is 0 Å². The molecule has 0 bridgehead atoms. The maximum absolute atomic E-state index is 13.5. The number of halogens is 2. The van der Waals surface area contributed by atoms with Gasteiger partial charge in [-0.3, -0.25) is 9.59 Å². The summed E-state index contributed by atoms with van der Waals surface area (Å²) in [5.74, 6) is -2.21. The molecule has 132 valence electrons. The van der Waals surface area contributed by atoms with Crippen LogP contribution >= 0.6 is 11.8 Å². The van der Waals surface area contributed by atoms with Gasteiger partial charge in [0.15, 0.2) is 0 Å². The van der Waals surface area contributed by atoms with Gasteiger partial charge in [0.2, 0.25) is 11.8 Å². The Morgan fingerprint density at radius 3 is 2.56 bits per heavy atom. The van der Waals surface area contributed by atoms with Crippen molar-refractivity contribution in [3.63, 3.8) is 0 Å². The van der Waals surface area contributed by atoms with Crippen LogP contribution in [0.25, 0.3) is 0 Å². The highest BCUT2D eigenvalue weighted by atomic mass is 32.2. The molecule has 0 aliphatic heterocycles. The SMILES string of the molecule is CCc1ccccc1NC(=O)CNC(=O)CSc1ccc(F)cc1F. The number of anilines is 1. The first-order valence-electron chi connectivity index (χ1n) is 7.72. The molecule has 0 heterocycles. The Kier molecular flexibility index (Phi) is 6.94. The molecule has 0 radical (unpaired) electrons. The van der Waals surface area contributed by atoms with Crippen LogP contribution in [0, 0.1) is 11.6 Å². The third-order valence-corrected chi connectivity index (χ3v) is 4.42. The second-order valence-electron chi connectivity index (χ2n) is 5.20. The lowest BCUT2D eigenvalue weighted by Crippen LogP contribution is -2.34. The van der Waals surface area contributed by atoms with Crippen LogP contribution in [0.4, 0.5) is 14.5 Å². The number of benzene rings is 2. The maximum atomic E-state index is 13.5. The molecule has 2 aromatic carbocycles. The van der Waals surface area contributed by atoms with Gasteiger partial charge in [0.05, 0.1) is 12.3 Å². The summed E-state index contributed by atoms with van der Waals surface area (Å²) in [6, 6.07) is 10.6. The molecule has 0 fully saturated rings. The van der Waals surface area contributed by atoms with Gasteiger partial charge in [-0.25, -0.2) is 8.78 Å². The molecule has 0 aromatic heterocycles. The Balaban J connectivity index is 1.78. The average Bonchev–Trinajstić information content (AvgIpc) is 2.59. The van der Waals surface area contributed by atoms with Crippen molar-refractivity contribution in [3.8, 4) is 0 Å². The van der Waals surface area contributed by atoms with E-state index in [1.54, 1.807) is 6.07 Å². The van der Waals surface area contributed by atoms with Gasteiger partial charge in [-0.15, -0.1) is 11.8 Å². The van der Waals surface area contributed by atoms with Gasteiger partial charge < -0.3 is 10.6 Å². The van der Waals surface area contributed by atoms with Gasteiger partial charge in [-0.05, 0) is 30.2 Å². The van der Waals surface area contributed by atoms with Crippen molar-refractivity contribution in [2.24, 2.45) is 0 Å². The summed E-state index contributed by atoms with van der Waals surface area (Å²) in [5, 5.41) is 5.22. The number of hydrogen-bond acceptors (Lipinski definition) is 3. The highest BCUT2D eigenvalue weighted by Crippen LogP contribution is 2.22. The maximum Gasteiger partial charge on any atom is 0.243 e. The molecule has 2 N–H and O–H groups in total. The van der Waals surface area contributed by atoms with E-state index in [2.05, 4.69) is 10.6 Å². The Bertz CT molecular complexity index is 768. The van der Waals surface area contributed by atoms with Crippen molar-refractivity contribution in [1.82, 2.24) is 5.32 Å². The molecule has 25 heavy (non-hydrogen) atoms. The van der Waals surface area contributed by atoms with Crippen LogP contribution in [0.2, 0.25) is 0 Å². The number of hydrogen-bond donors (Lipinski definition) is 2. The number of carbonyl (C=O) groups is 2. The fraction of sp³-hybridized carbons (Fsp3) is 0.222. The van der Waals surface area contributed by atoms with E-state index in [4.69, 9.17) is 0 Å². The zero-order valence-electron chi connectivity index (χ0n) is 13.6. The number of thioether (sulfide) groups is 1. The zero-order chi connectivity index (χ0) is 18.2. The monoisotopic (exact) mass is 364 g/mol. The third-order valence-electron chi connectivity index (χ3n) is 3.37. The van der Waals surface area contributed by atoms with Crippen molar-refractivity contribution in [3.05, 3.63) is 59.7 Å². The third kappa shape index (κ3) is 5.86. The van der Waals surface area contributed by atoms with E-state index >= 15 is 0 Å². The van der Waals surface area contributed by atoms with Gasteiger partial charge in [0.25, 0.3) is 0 Å². The number of rotatable bonds is 7. The lowest BCUT2D eigenvalue weighted by Gasteiger charge is -2.10. The van der Waals surface area contributed by atoms with Crippen LogP contribution < -0.4 is 10.6 Å². The lowest BCUT2D eigenvalue weighted by atomic mass is 10.1. The van der Waals surface area contributed by atoms with Gasteiger partial charge >= 0.3 is 0 Å². The summed E-state index contributed by atoms with van der Waals surface area (Å²) in [6.07, 6.45) is 0.780. The summed E-state index contributed by atoms with van der Waals surface area (Å²) in [6.45, 7) is 1.81. The molecule has 0 aliphatic carbocycles. The van der Waals surface area contributed by atoms with Crippen LogP contribution in [0.1, 0.15) is 12.5 Å². The summed E-state index contributed by atoms with van der Waals surface area (Å²) >= 11 is 0.940. The van der Waals surface area contributed by atoms with Gasteiger partial charge in [0.1, 0.15) is 11.6 Å². The summed E-state index contributed by atoms with van der Waals surface area (Å²) < 4.78 is 26.3. The van der Waals surface area contributed by atoms with E-state index in [1.165, 1.54) is 6.07 Å². The molecule has 0 unspecified atom stereocenters. The minimum Gasteiger partial charge on any atom is -0.346 e. The van der Waals surface area contributed by atoms with Crippen molar-refractivity contribution >= 4 is 29.3 Å². The number of para-hydroxylation sites is 1. The number of nitrogens with one attached hydrogen (secondary N) is 2. The van der Waals surface area contributed by atoms with Crippen LogP contribution in [0.5, 0.6) is 0 Å². The molecule has 2 amide bonds. The predicted molar refractivity (Wildman–Crippen MR) is 94.5 cm³/mol. The second-order valence-corrected chi connectivity index (χ2v) is 6.22. The van der Waals surface area contributed by atoms with Gasteiger partial charge in [-0.2, -0.15) is 0 Å². The van der Waals surface area contributed by atoms with Crippen molar-refractivity contribution in [2.75, 3.05) is 17.6 Å². The Labute approximate surface area is 149 Å². The van der Waals surface area contributed by atoms with Crippen LogP contribution in [-0.4, -0.2) is 24.1 Å². The highest BCUT2D eigenvalue weighted by Gasteiger charge is 2.10. The Morgan fingerprint density at radius 1 is 1.08 bits per heavy atom. The normalized spacial score (nSPS) is 10.4. The quantitative estimate of drug-likeness (QED) is 0.741.